The number of hydrogen-bond acceptors (Lipinski definition) is 5. The maximum absolute atomic E-state index is 12.7. The highest BCUT2D eigenvalue weighted by Crippen LogP contribution is 2.18. The zero-order chi connectivity index (χ0) is 18.0. The number of hydrogen-bond donors (Lipinski definition) is 1. The molecular formula is C18H30N4O3. The number of carbonyl (C=O) groups excluding carboxylic acids is 1. The van der Waals surface area contributed by atoms with Gasteiger partial charge < -0.3 is 14.7 Å². The van der Waals surface area contributed by atoms with E-state index in [4.69, 9.17) is 4.74 Å². The van der Waals surface area contributed by atoms with Gasteiger partial charge in [0.1, 0.15) is 0 Å². The van der Waals surface area contributed by atoms with Crippen LogP contribution in [0.25, 0.3) is 0 Å². The molecule has 2 aliphatic heterocycles. The molecule has 0 spiro atoms. The summed E-state index contributed by atoms with van der Waals surface area (Å²) < 4.78 is 7.25. The van der Waals surface area contributed by atoms with Crippen molar-refractivity contribution >= 4 is 5.91 Å². The molecule has 2 atom stereocenters. The molecule has 25 heavy (non-hydrogen) atoms. The van der Waals surface area contributed by atoms with Gasteiger partial charge in [0.15, 0.2) is 0 Å². The van der Waals surface area contributed by atoms with Gasteiger partial charge in [0.05, 0.1) is 31.1 Å². The Kier molecular flexibility index (Phi) is 5.76. The number of ether oxygens (including phenoxy) is 1. The molecule has 3 rings (SSSR count). The number of rotatable bonds is 4. The summed E-state index contributed by atoms with van der Waals surface area (Å²) in [4.78, 5) is 16.9. The number of carbonyl (C=O) groups is 1. The van der Waals surface area contributed by atoms with E-state index in [2.05, 4.69) is 16.9 Å². The Morgan fingerprint density at radius 1 is 1.24 bits per heavy atom. The van der Waals surface area contributed by atoms with Crippen LogP contribution in [-0.4, -0.2) is 82.1 Å². The zero-order valence-electron chi connectivity index (χ0n) is 15.6. The van der Waals surface area contributed by atoms with E-state index in [9.17, 15) is 9.90 Å². The first-order valence-corrected chi connectivity index (χ1v) is 9.24. The van der Waals surface area contributed by atoms with Gasteiger partial charge in [-0.25, -0.2) is 0 Å². The van der Waals surface area contributed by atoms with E-state index in [0.29, 0.717) is 19.6 Å². The predicted molar refractivity (Wildman–Crippen MR) is 94.4 cm³/mol. The molecule has 2 aliphatic rings. The summed E-state index contributed by atoms with van der Waals surface area (Å²) in [7, 11) is 1.94. The van der Waals surface area contributed by atoms with Crippen molar-refractivity contribution in [1.29, 1.82) is 0 Å². The van der Waals surface area contributed by atoms with Crippen LogP contribution in [0.5, 0.6) is 0 Å². The standard InChI is InChI=1S/C18H30N4O3/c1-13-15(14(2)20(3)19-13)5-6-18(24)22-8-4-7-21(9-10-22)16-11-25-12-17(16)23/h16-17,23H,4-12H2,1-3H3/t16-,17-/m1/s1. The van der Waals surface area contributed by atoms with Gasteiger partial charge in [0.2, 0.25) is 5.91 Å². The number of aromatic nitrogens is 2. The third-order valence-corrected chi connectivity index (χ3v) is 5.62. The molecule has 1 amide bonds. The molecule has 0 radical (unpaired) electrons. The molecule has 7 nitrogen and oxygen atoms in total. The second-order valence-corrected chi connectivity index (χ2v) is 7.22. The Balaban J connectivity index is 1.52. The number of aryl methyl sites for hydroxylation is 2. The van der Waals surface area contributed by atoms with Crippen molar-refractivity contribution < 1.29 is 14.6 Å². The van der Waals surface area contributed by atoms with Crippen molar-refractivity contribution in [1.82, 2.24) is 19.6 Å². The van der Waals surface area contributed by atoms with Gasteiger partial charge in [-0.05, 0) is 32.3 Å². The summed E-state index contributed by atoms with van der Waals surface area (Å²) >= 11 is 0. The molecule has 0 aliphatic carbocycles. The van der Waals surface area contributed by atoms with Gasteiger partial charge in [0, 0.05) is 45.3 Å². The molecule has 0 aromatic carbocycles. The minimum absolute atomic E-state index is 0.0794. The zero-order valence-corrected chi connectivity index (χ0v) is 15.6. The van der Waals surface area contributed by atoms with Gasteiger partial charge in [-0.15, -0.1) is 0 Å². The van der Waals surface area contributed by atoms with E-state index >= 15 is 0 Å². The fraction of sp³-hybridized carbons (Fsp3) is 0.778. The summed E-state index contributed by atoms with van der Waals surface area (Å²) in [5, 5.41) is 14.4. The lowest BCUT2D eigenvalue weighted by molar-refractivity contribution is -0.131. The first-order chi connectivity index (χ1) is 12.0. The van der Waals surface area contributed by atoms with Crippen LogP contribution in [0.2, 0.25) is 0 Å². The van der Waals surface area contributed by atoms with Gasteiger partial charge in [-0.2, -0.15) is 5.10 Å². The number of aliphatic hydroxyl groups is 1. The first kappa shape index (κ1) is 18.4. The Labute approximate surface area is 149 Å². The lowest BCUT2D eigenvalue weighted by Crippen LogP contribution is -2.45. The topological polar surface area (TPSA) is 70.8 Å². The molecule has 7 heteroatoms. The Morgan fingerprint density at radius 3 is 2.68 bits per heavy atom. The van der Waals surface area contributed by atoms with E-state index in [1.165, 1.54) is 5.56 Å². The maximum Gasteiger partial charge on any atom is 0.222 e. The SMILES string of the molecule is Cc1nn(C)c(C)c1CCC(=O)N1CCCN([C@@H]2COC[C@H]2O)CC1. The lowest BCUT2D eigenvalue weighted by Gasteiger charge is -2.28. The summed E-state index contributed by atoms with van der Waals surface area (Å²) in [5.41, 5.74) is 3.35. The van der Waals surface area contributed by atoms with E-state index < -0.39 is 6.10 Å². The average molecular weight is 350 g/mol. The fourth-order valence-corrected chi connectivity index (χ4v) is 3.97. The number of aliphatic hydroxyl groups excluding tert-OH is 1. The molecule has 1 aromatic rings. The third kappa shape index (κ3) is 4.04. The van der Waals surface area contributed by atoms with Gasteiger partial charge in [-0.3, -0.25) is 14.4 Å². The van der Waals surface area contributed by atoms with Crippen LogP contribution in [0.1, 0.15) is 29.8 Å². The number of amides is 1. The maximum atomic E-state index is 12.7. The van der Waals surface area contributed by atoms with E-state index in [-0.39, 0.29) is 11.9 Å². The minimum atomic E-state index is -0.404. The van der Waals surface area contributed by atoms with Crippen LogP contribution in [0.3, 0.4) is 0 Å². The van der Waals surface area contributed by atoms with Gasteiger partial charge in [-0.1, -0.05) is 0 Å². The van der Waals surface area contributed by atoms with Crippen LogP contribution in [0.15, 0.2) is 0 Å². The average Bonchev–Trinajstić information content (AvgIpc) is 2.99. The van der Waals surface area contributed by atoms with Crippen molar-refractivity contribution in [2.75, 3.05) is 39.4 Å². The number of nitrogens with zero attached hydrogens (tertiary/aromatic N) is 4. The van der Waals surface area contributed by atoms with Crippen molar-refractivity contribution in [3.05, 3.63) is 17.0 Å². The normalized spacial score (nSPS) is 25.4. The molecule has 140 valence electrons. The largest absolute Gasteiger partial charge is 0.389 e. The van der Waals surface area contributed by atoms with Gasteiger partial charge >= 0.3 is 0 Å². The van der Waals surface area contributed by atoms with Crippen LogP contribution in [-0.2, 0) is 23.0 Å². The van der Waals surface area contributed by atoms with Crippen LogP contribution < -0.4 is 0 Å². The van der Waals surface area contributed by atoms with Crippen LogP contribution >= 0.6 is 0 Å². The van der Waals surface area contributed by atoms with Crippen LogP contribution in [0.4, 0.5) is 0 Å². The third-order valence-electron chi connectivity index (χ3n) is 5.62. The molecule has 2 fully saturated rings. The van der Waals surface area contributed by atoms with Crippen LogP contribution in [0, 0.1) is 13.8 Å². The van der Waals surface area contributed by atoms with Gasteiger partial charge in [0.25, 0.3) is 0 Å². The Bertz CT molecular complexity index is 616. The molecule has 0 saturated carbocycles. The highest BCUT2D eigenvalue weighted by molar-refractivity contribution is 5.76. The quantitative estimate of drug-likeness (QED) is 0.844. The van der Waals surface area contributed by atoms with Crippen molar-refractivity contribution in [2.24, 2.45) is 7.05 Å². The monoisotopic (exact) mass is 350 g/mol. The highest BCUT2D eigenvalue weighted by atomic mass is 16.5. The summed E-state index contributed by atoms with van der Waals surface area (Å²) in [6, 6.07) is 0.0794. The second-order valence-electron chi connectivity index (χ2n) is 7.22. The molecule has 1 N–H and O–H groups in total. The summed E-state index contributed by atoms with van der Waals surface area (Å²) in [6.45, 7) is 8.32. The molecule has 2 saturated heterocycles. The Hall–Kier alpha value is -1.44. The van der Waals surface area contributed by atoms with E-state index in [1.54, 1.807) is 0 Å². The second kappa shape index (κ2) is 7.85. The van der Waals surface area contributed by atoms with Crippen molar-refractivity contribution in [3.8, 4) is 0 Å². The fourth-order valence-electron chi connectivity index (χ4n) is 3.97. The highest BCUT2D eigenvalue weighted by Gasteiger charge is 2.33. The van der Waals surface area contributed by atoms with E-state index in [1.807, 2.05) is 23.6 Å². The minimum Gasteiger partial charge on any atom is -0.389 e. The van der Waals surface area contributed by atoms with Crippen molar-refractivity contribution in [3.63, 3.8) is 0 Å². The molecular weight excluding hydrogens is 320 g/mol. The Morgan fingerprint density at radius 2 is 2.04 bits per heavy atom. The van der Waals surface area contributed by atoms with Crippen molar-refractivity contribution in [2.45, 2.75) is 45.3 Å². The molecule has 3 heterocycles. The summed E-state index contributed by atoms with van der Waals surface area (Å²) in [6.07, 6.45) is 1.82. The molecule has 1 aromatic heterocycles. The lowest BCUT2D eigenvalue weighted by atomic mass is 10.1. The molecule has 0 bridgehead atoms. The first-order valence-electron chi connectivity index (χ1n) is 9.24. The smallest absolute Gasteiger partial charge is 0.222 e. The summed E-state index contributed by atoms with van der Waals surface area (Å²) in [5.74, 6) is 0.215. The predicted octanol–water partition coefficient (Wildman–Crippen LogP) is 0.264. The molecule has 0 unspecified atom stereocenters. The van der Waals surface area contributed by atoms with E-state index in [0.717, 1.165) is 50.4 Å².